The molecule has 1 N–H and O–H groups in total. The third kappa shape index (κ3) is 4.45. The van der Waals surface area contributed by atoms with Gasteiger partial charge in [0.05, 0.1) is 19.8 Å². The van der Waals surface area contributed by atoms with Gasteiger partial charge in [-0.3, -0.25) is 4.79 Å². The number of amides is 1. The number of fused-ring (bicyclic) bond motifs is 1. The lowest BCUT2D eigenvalue weighted by Gasteiger charge is -2.30. The van der Waals surface area contributed by atoms with Crippen molar-refractivity contribution in [3.63, 3.8) is 0 Å². The van der Waals surface area contributed by atoms with Gasteiger partial charge in [-0.1, -0.05) is 12.7 Å². The van der Waals surface area contributed by atoms with Crippen LogP contribution >= 0.6 is 0 Å². The maximum Gasteiger partial charge on any atom is 0.258 e. The minimum Gasteiger partial charge on any atom is -0.493 e. The summed E-state index contributed by atoms with van der Waals surface area (Å²) in [5, 5.41) is 2.66. The topological polar surface area (TPSA) is 76.1 Å². The highest BCUT2D eigenvalue weighted by Gasteiger charge is 2.20. The lowest BCUT2D eigenvalue weighted by Crippen LogP contribution is -2.31. The van der Waals surface area contributed by atoms with Gasteiger partial charge in [-0.15, -0.1) is 0 Å². The molecule has 150 valence electrons. The summed E-state index contributed by atoms with van der Waals surface area (Å²) in [5.41, 5.74) is 2.86. The van der Waals surface area contributed by atoms with Gasteiger partial charge in [0.25, 0.3) is 5.91 Å². The molecule has 0 saturated heterocycles. The Morgan fingerprint density at radius 3 is 2.55 bits per heavy atom. The van der Waals surface area contributed by atoms with Gasteiger partial charge in [0.1, 0.15) is 11.6 Å². The van der Waals surface area contributed by atoms with E-state index in [2.05, 4.69) is 33.5 Å². The van der Waals surface area contributed by atoms with Crippen molar-refractivity contribution in [2.24, 2.45) is 4.99 Å². The van der Waals surface area contributed by atoms with Gasteiger partial charge in [-0.25, -0.2) is 9.98 Å². The van der Waals surface area contributed by atoms with Crippen molar-refractivity contribution < 1.29 is 14.3 Å². The zero-order valence-corrected chi connectivity index (χ0v) is 16.6. The Labute approximate surface area is 170 Å². The molecule has 7 heteroatoms. The lowest BCUT2D eigenvalue weighted by atomic mass is 9.98. The number of nitrogens with zero attached hydrogens (tertiary/aromatic N) is 3. The number of aromatic nitrogens is 1. The van der Waals surface area contributed by atoms with Crippen LogP contribution in [0.25, 0.3) is 0 Å². The van der Waals surface area contributed by atoms with Crippen molar-refractivity contribution in [2.45, 2.75) is 13.0 Å². The van der Waals surface area contributed by atoms with E-state index in [1.165, 1.54) is 17.2 Å². The maximum absolute atomic E-state index is 12.3. The number of ether oxygens (including phenoxy) is 2. The van der Waals surface area contributed by atoms with Crippen LogP contribution in [0.5, 0.6) is 11.5 Å². The number of aliphatic imine (C=N–C) groups is 1. The molecule has 2 aromatic rings. The van der Waals surface area contributed by atoms with Gasteiger partial charge < -0.3 is 19.7 Å². The third-order valence-electron chi connectivity index (χ3n) is 4.74. The van der Waals surface area contributed by atoms with E-state index in [1.807, 2.05) is 18.2 Å². The molecule has 1 aromatic heterocycles. The number of pyridine rings is 1. The monoisotopic (exact) mass is 392 g/mol. The van der Waals surface area contributed by atoms with Crippen LogP contribution in [0.3, 0.4) is 0 Å². The molecule has 3 rings (SSSR count). The highest BCUT2D eigenvalue weighted by Crippen LogP contribution is 2.34. The summed E-state index contributed by atoms with van der Waals surface area (Å²) in [6.45, 7) is 8.54. The Kier molecular flexibility index (Phi) is 6.29. The first kappa shape index (κ1) is 20.1. The number of nitrogens with one attached hydrogen (secondary N) is 1. The summed E-state index contributed by atoms with van der Waals surface area (Å²) in [5.74, 6) is 2.31. The molecule has 0 spiro atoms. The van der Waals surface area contributed by atoms with Crippen molar-refractivity contribution in [2.75, 3.05) is 25.7 Å². The SMILES string of the molecule is C=C/C=C(\N=C)NC(=O)c1ccc(N2CCc3cc(OC)c(OC)cc3C2)nc1. The predicted octanol–water partition coefficient (Wildman–Crippen LogP) is 3.12. The molecular formula is C22H24N4O3. The number of anilines is 1. The first-order valence-corrected chi connectivity index (χ1v) is 9.15. The van der Waals surface area contributed by atoms with Gasteiger partial charge >= 0.3 is 0 Å². The van der Waals surface area contributed by atoms with Crippen LogP contribution in [-0.2, 0) is 13.0 Å². The number of methoxy groups -OCH3 is 2. The van der Waals surface area contributed by atoms with E-state index in [9.17, 15) is 4.79 Å². The first-order chi connectivity index (χ1) is 14.1. The normalized spacial score (nSPS) is 13.3. The van der Waals surface area contributed by atoms with Gasteiger partial charge in [-0.05, 0) is 54.6 Å². The van der Waals surface area contributed by atoms with E-state index in [-0.39, 0.29) is 5.91 Å². The van der Waals surface area contributed by atoms with Crippen LogP contribution in [-0.4, -0.2) is 38.4 Å². The van der Waals surface area contributed by atoms with Crippen LogP contribution in [0.15, 0.2) is 60.0 Å². The molecule has 1 amide bonds. The van der Waals surface area contributed by atoms with Crippen LogP contribution in [0, 0.1) is 0 Å². The van der Waals surface area contributed by atoms with Crippen LogP contribution in [0.4, 0.5) is 5.82 Å². The molecule has 0 atom stereocenters. The first-order valence-electron chi connectivity index (χ1n) is 9.15. The molecular weight excluding hydrogens is 368 g/mol. The summed E-state index contributed by atoms with van der Waals surface area (Å²) in [4.78, 5) is 22.7. The molecule has 29 heavy (non-hydrogen) atoms. The molecule has 0 bridgehead atoms. The van der Waals surface area contributed by atoms with E-state index in [0.717, 1.165) is 24.5 Å². The van der Waals surface area contributed by atoms with Crippen molar-refractivity contribution in [1.29, 1.82) is 0 Å². The third-order valence-corrected chi connectivity index (χ3v) is 4.74. The molecule has 7 nitrogen and oxygen atoms in total. The number of allylic oxidation sites excluding steroid dienone is 2. The Balaban J connectivity index is 1.74. The maximum atomic E-state index is 12.3. The predicted molar refractivity (Wildman–Crippen MR) is 114 cm³/mol. The van der Waals surface area contributed by atoms with Crippen LogP contribution < -0.4 is 19.7 Å². The average molecular weight is 392 g/mol. The lowest BCUT2D eigenvalue weighted by molar-refractivity contribution is 0.0965. The number of carbonyl (C=O) groups excluding carboxylic acids is 1. The van der Waals surface area contributed by atoms with Crippen molar-refractivity contribution in [3.05, 3.63) is 71.7 Å². The van der Waals surface area contributed by atoms with Gasteiger partial charge in [0.15, 0.2) is 11.5 Å². The van der Waals surface area contributed by atoms with Crippen molar-refractivity contribution in [1.82, 2.24) is 10.3 Å². The van der Waals surface area contributed by atoms with Crippen LogP contribution in [0.2, 0.25) is 0 Å². The minimum atomic E-state index is -0.301. The van der Waals surface area contributed by atoms with E-state index in [4.69, 9.17) is 9.47 Å². The number of rotatable bonds is 7. The molecule has 0 fully saturated rings. The summed E-state index contributed by atoms with van der Waals surface area (Å²) < 4.78 is 10.8. The number of benzene rings is 1. The van der Waals surface area contributed by atoms with Gasteiger partial charge in [0.2, 0.25) is 0 Å². The van der Waals surface area contributed by atoms with Gasteiger partial charge in [0, 0.05) is 19.3 Å². The second-order valence-electron chi connectivity index (χ2n) is 6.45. The Morgan fingerprint density at radius 1 is 1.24 bits per heavy atom. The molecule has 0 radical (unpaired) electrons. The standard InChI is InChI=1S/C22H24N4O3/c1-5-6-20(23-2)25-22(27)16-7-8-21(24-13-16)26-10-9-15-11-18(28-3)19(29-4)12-17(15)14-26/h5-8,11-13H,1-2,9-10,14H2,3-4H3,(H,25,27)/b20-6+. The number of hydrogen-bond acceptors (Lipinski definition) is 6. The summed E-state index contributed by atoms with van der Waals surface area (Å²) in [7, 11) is 3.27. The Hall–Kier alpha value is -3.61. The van der Waals surface area contributed by atoms with E-state index >= 15 is 0 Å². The van der Waals surface area contributed by atoms with E-state index in [0.29, 0.717) is 23.7 Å². The number of hydrogen-bond donors (Lipinski definition) is 1. The summed E-state index contributed by atoms with van der Waals surface area (Å²) in [6.07, 6.45) is 5.54. The molecule has 2 heterocycles. The Bertz CT molecular complexity index is 951. The molecule has 1 aromatic carbocycles. The van der Waals surface area contributed by atoms with Crippen molar-refractivity contribution >= 4 is 18.4 Å². The molecule has 0 aliphatic carbocycles. The van der Waals surface area contributed by atoms with Gasteiger partial charge in [-0.2, -0.15) is 0 Å². The Morgan fingerprint density at radius 2 is 1.97 bits per heavy atom. The molecule has 0 unspecified atom stereocenters. The van der Waals surface area contributed by atoms with E-state index < -0.39 is 0 Å². The largest absolute Gasteiger partial charge is 0.493 e. The van der Waals surface area contributed by atoms with Crippen LogP contribution in [0.1, 0.15) is 21.5 Å². The fourth-order valence-corrected chi connectivity index (χ4v) is 3.22. The average Bonchev–Trinajstić information content (AvgIpc) is 2.77. The minimum absolute atomic E-state index is 0.301. The second-order valence-corrected chi connectivity index (χ2v) is 6.45. The van der Waals surface area contributed by atoms with E-state index in [1.54, 1.807) is 32.6 Å². The number of carbonyl (C=O) groups is 1. The fraction of sp³-hybridized carbons (Fsp3) is 0.227. The zero-order chi connectivity index (χ0) is 20.8. The highest BCUT2D eigenvalue weighted by atomic mass is 16.5. The fourth-order valence-electron chi connectivity index (χ4n) is 3.22. The molecule has 0 saturated carbocycles. The summed E-state index contributed by atoms with van der Waals surface area (Å²) >= 11 is 0. The second kappa shape index (κ2) is 9.05. The van der Waals surface area contributed by atoms with Crippen molar-refractivity contribution in [3.8, 4) is 11.5 Å². The zero-order valence-electron chi connectivity index (χ0n) is 16.6. The summed E-state index contributed by atoms with van der Waals surface area (Å²) in [6, 6.07) is 7.64. The molecule has 1 aliphatic rings. The molecule has 1 aliphatic heterocycles. The highest BCUT2D eigenvalue weighted by molar-refractivity contribution is 5.95. The smallest absolute Gasteiger partial charge is 0.258 e. The quantitative estimate of drug-likeness (QED) is 0.579.